The Hall–Kier alpha value is -2.16. The first-order valence-electron chi connectivity index (χ1n) is 7.53. The minimum absolute atomic E-state index is 0.143. The summed E-state index contributed by atoms with van der Waals surface area (Å²) in [5.74, 6) is -3.01. The third-order valence-electron chi connectivity index (χ3n) is 3.22. The Balaban J connectivity index is 2.96. The zero-order chi connectivity index (χ0) is 18.3. The van der Waals surface area contributed by atoms with Gasteiger partial charge in [0.25, 0.3) is 0 Å². The average molecular weight is 346 g/mol. The molecular weight excluding hydrogens is 324 g/mol. The van der Waals surface area contributed by atoms with E-state index in [0.717, 1.165) is 0 Å². The van der Waals surface area contributed by atoms with Gasteiger partial charge < -0.3 is 23.7 Å². The van der Waals surface area contributed by atoms with Crippen molar-refractivity contribution in [1.82, 2.24) is 0 Å². The molecule has 4 atom stereocenters. The first kappa shape index (κ1) is 19.9. The number of ether oxygens (including phenoxy) is 5. The summed E-state index contributed by atoms with van der Waals surface area (Å²) in [5.41, 5.74) is 0. The van der Waals surface area contributed by atoms with Crippen LogP contribution in [0.1, 0.15) is 34.1 Å². The summed E-state index contributed by atoms with van der Waals surface area (Å²) < 4.78 is 25.5. The highest BCUT2D eigenvalue weighted by molar-refractivity contribution is 5.70. The van der Waals surface area contributed by atoms with Gasteiger partial charge in [0.15, 0.2) is 6.10 Å². The van der Waals surface area contributed by atoms with Gasteiger partial charge in [0.1, 0.15) is 12.7 Å². The lowest BCUT2D eigenvalue weighted by Gasteiger charge is -2.22. The average Bonchev–Trinajstić information content (AvgIpc) is 2.73. The second kappa shape index (κ2) is 9.21. The second-order valence-electron chi connectivity index (χ2n) is 5.20. The molecule has 1 unspecified atom stereocenters. The Morgan fingerprint density at radius 1 is 0.917 bits per heavy atom. The highest BCUT2D eigenvalue weighted by atomic mass is 16.7. The van der Waals surface area contributed by atoms with Gasteiger partial charge in [-0.15, -0.1) is 0 Å². The quantitative estimate of drug-likeness (QED) is 0.475. The fourth-order valence-electron chi connectivity index (χ4n) is 2.38. The van der Waals surface area contributed by atoms with Crippen molar-refractivity contribution in [1.29, 1.82) is 0 Å². The van der Waals surface area contributed by atoms with E-state index >= 15 is 0 Å². The standard InChI is InChI=1S/C15H22O9/c1-5-20-13(19)6-11-12(7-21-8(2)16)24-15(23-10(4)18)14(11)22-9(3)17/h11-12,14-15H,5-7H2,1-4H3/t11-,12-,14-,15?/m1/s1. The molecule has 1 heterocycles. The van der Waals surface area contributed by atoms with E-state index in [-0.39, 0.29) is 19.6 Å². The molecule has 0 amide bonds. The first-order chi connectivity index (χ1) is 11.2. The van der Waals surface area contributed by atoms with Gasteiger partial charge >= 0.3 is 23.9 Å². The fraction of sp³-hybridized carbons (Fsp3) is 0.733. The van der Waals surface area contributed by atoms with Gasteiger partial charge in [-0.05, 0) is 6.92 Å². The number of esters is 4. The lowest BCUT2D eigenvalue weighted by atomic mass is 9.94. The Morgan fingerprint density at radius 3 is 2.04 bits per heavy atom. The molecule has 0 aliphatic carbocycles. The lowest BCUT2D eigenvalue weighted by molar-refractivity contribution is -0.196. The minimum atomic E-state index is -1.19. The SMILES string of the molecule is CCOC(=O)C[C@@H]1[C@@H](COC(C)=O)OC(OC(C)=O)[C@@H]1OC(C)=O. The lowest BCUT2D eigenvalue weighted by Crippen LogP contribution is -2.36. The number of hydrogen-bond donors (Lipinski definition) is 0. The maximum atomic E-state index is 11.8. The van der Waals surface area contributed by atoms with Crippen molar-refractivity contribution in [3.63, 3.8) is 0 Å². The third kappa shape index (κ3) is 6.15. The fourth-order valence-corrected chi connectivity index (χ4v) is 2.38. The summed E-state index contributed by atoms with van der Waals surface area (Å²) in [6, 6.07) is 0. The van der Waals surface area contributed by atoms with Crippen molar-refractivity contribution in [3.05, 3.63) is 0 Å². The molecule has 0 aromatic heterocycles. The van der Waals surface area contributed by atoms with E-state index in [1.165, 1.54) is 20.8 Å². The van der Waals surface area contributed by atoms with Crippen LogP contribution in [0, 0.1) is 5.92 Å². The van der Waals surface area contributed by atoms with E-state index in [4.69, 9.17) is 23.7 Å². The minimum Gasteiger partial charge on any atom is -0.466 e. The second-order valence-corrected chi connectivity index (χ2v) is 5.20. The summed E-state index contributed by atoms with van der Waals surface area (Å²) in [6.45, 7) is 5.26. The van der Waals surface area contributed by atoms with Crippen molar-refractivity contribution in [2.45, 2.75) is 52.6 Å². The van der Waals surface area contributed by atoms with Gasteiger partial charge in [-0.2, -0.15) is 0 Å². The van der Waals surface area contributed by atoms with Crippen LogP contribution in [0.15, 0.2) is 0 Å². The maximum Gasteiger partial charge on any atom is 0.306 e. The summed E-state index contributed by atoms with van der Waals surface area (Å²) >= 11 is 0. The molecule has 9 heteroatoms. The van der Waals surface area contributed by atoms with Gasteiger partial charge in [-0.25, -0.2) is 0 Å². The Bertz CT molecular complexity index is 487. The molecule has 1 saturated heterocycles. The molecule has 1 rings (SSSR count). The largest absolute Gasteiger partial charge is 0.466 e. The summed E-state index contributed by atoms with van der Waals surface area (Å²) in [7, 11) is 0. The van der Waals surface area contributed by atoms with Crippen LogP contribution in [0.3, 0.4) is 0 Å². The zero-order valence-corrected chi connectivity index (χ0v) is 14.1. The monoisotopic (exact) mass is 346 g/mol. The van der Waals surface area contributed by atoms with Crippen molar-refractivity contribution in [2.75, 3.05) is 13.2 Å². The van der Waals surface area contributed by atoms with Crippen molar-refractivity contribution < 1.29 is 42.9 Å². The summed E-state index contributed by atoms with van der Waals surface area (Å²) in [5, 5.41) is 0. The number of carbonyl (C=O) groups excluding carboxylic acids is 4. The molecule has 24 heavy (non-hydrogen) atoms. The van der Waals surface area contributed by atoms with Crippen LogP contribution in [0.4, 0.5) is 0 Å². The van der Waals surface area contributed by atoms with Crippen LogP contribution in [-0.2, 0) is 42.9 Å². The molecule has 0 bridgehead atoms. The van der Waals surface area contributed by atoms with Gasteiger partial charge in [0.2, 0.25) is 6.29 Å². The summed E-state index contributed by atoms with van der Waals surface area (Å²) in [4.78, 5) is 45.4. The Kier molecular flexibility index (Phi) is 7.63. The highest BCUT2D eigenvalue weighted by Gasteiger charge is 2.50. The molecule has 0 N–H and O–H groups in total. The molecule has 0 aromatic carbocycles. The molecule has 136 valence electrons. The van der Waals surface area contributed by atoms with Gasteiger partial charge in [0.05, 0.1) is 13.0 Å². The number of rotatable bonds is 7. The van der Waals surface area contributed by atoms with E-state index in [0.29, 0.717) is 0 Å². The molecule has 1 fully saturated rings. The molecule has 0 radical (unpaired) electrons. The van der Waals surface area contributed by atoms with Crippen LogP contribution in [-0.4, -0.2) is 55.6 Å². The van der Waals surface area contributed by atoms with E-state index in [1.54, 1.807) is 6.92 Å². The van der Waals surface area contributed by atoms with E-state index in [9.17, 15) is 19.2 Å². The van der Waals surface area contributed by atoms with Crippen molar-refractivity contribution >= 4 is 23.9 Å². The topological polar surface area (TPSA) is 114 Å². The Morgan fingerprint density at radius 2 is 1.54 bits per heavy atom. The highest BCUT2D eigenvalue weighted by Crippen LogP contribution is 2.33. The van der Waals surface area contributed by atoms with E-state index in [2.05, 4.69) is 0 Å². The number of hydrogen-bond acceptors (Lipinski definition) is 9. The van der Waals surface area contributed by atoms with E-state index in [1.807, 2.05) is 0 Å². The van der Waals surface area contributed by atoms with Gasteiger partial charge in [-0.3, -0.25) is 19.2 Å². The van der Waals surface area contributed by atoms with Gasteiger partial charge in [-0.1, -0.05) is 0 Å². The molecule has 0 saturated carbocycles. The smallest absolute Gasteiger partial charge is 0.306 e. The molecule has 1 aliphatic heterocycles. The third-order valence-corrected chi connectivity index (χ3v) is 3.22. The van der Waals surface area contributed by atoms with E-state index < -0.39 is 48.3 Å². The van der Waals surface area contributed by atoms with Crippen molar-refractivity contribution in [2.24, 2.45) is 5.92 Å². The molecule has 0 spiro atoms. The van der Waals surface area contributed by atoms with Crippen LogP contribution >= 0.6 is 0 Å². The zero-order valence-electron chi connectivity index (χ0n) is 14.1. The van der Waals surface area contributed by atoms with Crippen LogP contribution in [0.25, 0.3) is 0 Å². The van der Waals surface area contributed by atoms with Crippen LogP contribution < -0.4 is 0 Å². The predicted molar refractivity (Wildman–Crippen MR) is 77.4 cm³/mol. The van der Waals surface area contributed by atoms with Crippen molar-refractivity contribution in [3.8, 4) is 0 Å². The molecule has 0 aromatic rings. The molecule has 9 nitrogen and oxygen atoms in total. The summed E-state index contributed by atoms with van der Waals surface area (Å²) in [6.07, 6.45) is -3.12. The number of carbonyl (C=O) groups is 4. The maximum absolute atomic E-state index is 11.8. The first-order valence-corrected chi connectivity index (χ1v) is 7.53. The van der Waals surface area contributed by atoms with Gasteiger partial charge in [0, 0.05) is 26.7 Å². The predicted octanol–water partition coefficient (Wildman–Crippen LogP) is 0.339. The van der Waals surface area contributed by atoms with Crippen LogP contribution in [0.2, 0.25) is 0 Å². The molecular formula is C15H22O9. The normalized spacial score (nSPS) is 25.7. The molecule has 1 aliphatic rings. The van der Waals surface area contributed by atoms with Crippen LogP contribution in [0.5, 0.6) is 0 Å². The Labute approximate surface area is 139 Å².